The predicted molar refractivity (Wildman–Crippen MR) is 81.9 cm³/mol. The van der Waals surface area contributed by atoms with Gasteiger partial charge in [0.1, 0.15) is 0 Å². The summed E-state index contributed by atoms with van der Waals surface area (Å²) in [5.74, 6) is -1.30. The maximum absolute atomic E-state index is 11.9. The van der Waals surface area contributed by atoms with Crippen LogP contribution in [0, 0.1) is 0 Å². The summed E-state index contributed by atoms with van der Waals surface area (Å²) in [6.07, 6.45) is 5.09. The third-order valence-electron chi connectivity index (χ3n) is 2.65. The zero-order valence-corrected chi connectivity index (χ0v) is 13.3. The van der Waals surface area contributed by atoms with Crippen molar-refractivity contribution in [1.29, 1.82) is 0 Å². The van der Waals surface area contributed by atoms with Gasteiger partial charge in [0.15, 0.2) is 5.85 Å². The summed E-state index contributed by atoms with van der Waals surface area (Å²) in [7, 11) is -1.03. The molecule has 1 aromatic rings. The summed E-state index contributed by atoms with van der Waals surface area (Å²) in [5.41, 5.74) is 1.71. The van der Waals surface area contributed by atoms with Crippen molar-refractivity contribution in [3.8, 4) is 0 Å². The Balaban J connectivity index is 2.79. The number of rotatable bonds is 6. The van der Waals surface area contributed by atoms with Gasteiger partial charge >= 0.3 is 7.60 Å². The molecule has 0 amide bonds. The number of allylic oxidation sites excluding steroid dienone is 2. The average Bonchev–Trinajstić information content (AvgIpc) is 2.45. The van der Waals surface area contributed by atoms with E-state index in [1.807, 2.05) is 18.2 Å². The molecule has 0 aliphatic heterocycles. The van der Waals surface area contributed by atoms with Gasteiger partial charge in [-0.25, -0.2) is 0 Å². The SMILES string of the molecule is COP(=O)(OC)C(O)/C=C(C)/C=C/c1ccc(Cl)cc1. The van der Waals surface area contributed by atoms with Crippen molar-refractivity contribution in [2.24, 2.45) is 0 Å². The highest BCUT2D eigenvalue weighted by Crippen LogP contribution is 2.51. The van der Waals surface area contributed by atoms with E-state index in [9.17, 15) is 9.67 Å². The Kier molecular flexibility index (Phi) is 6.66. The van der Waals surface area contributed by atoms with Gasteiger partial charge in [0.05, 0.1) is 0 Å². The molecule has 20 heavy (non-hydrogen) atoms. The topological polar surface area (TPSA) is 55.8 Å². The Morgan fingerprint density at radius 2 is 1.85 bits per heavy atom. The highest BCUT2D eigenvalue weighted by atomic mass is 35.5. The van der Waals surface area contributed by atoms with Crippen LogP contribution in [0.1, 0.15) is 12.5 Å². The molecule has 0 spiro atoms. The predicted octanol–water partition coefficient (Wildman–Crippen LogP) is 4.10. The van der Waals surface area contributed by atoms with Crippen molar-refractivity contribution < 1.29 is 18.7 Å². The van der Waals surface area contributed by atoms with E-state index in [2.05, 4.69) is 0 Å². The number of aliphatic hydroxyl groups excluding tert-OH is 1. The first-order valence-electron chi connectivity index (χ1n) is 5.92. The molecule has 1 rings (SSSR count). The van der Waals surface area contributed by atoms with E-state index in [0.29, 0.717) is 5.02 Å². The van der Waals surface area contributed by atoms with Crippen molar-refractivity contribution in [3.63, 3.8) is 0 Å². The van der Waals surface area contributed by atoms with E-state index in [1.54, 1.807) is 25.1 Å². The summed E-state index contributed by atoms with van der Waals surface area (Å²) < 4.78 is 21.4. The number of hydrogen-bond donors (Lipinski definition) is 1. The molecule has 6 heteroatoms. The smallest absolute Gasteiger partial charge is 0.362 e. The molecule has 0 heterocycles. The molecule has 1 unspecified atom stereocenters. The summed E-state index contributed by atoms with van der Waals surface area (Å²) >= 11 is 5.80. The molecular weight excluding hydrogens is 299 g/mol. The molecule has 0 aliphatic rings. The van der Waals surface area contributed by atoms with E-state index in [-0.39, 0.29) is 0 Å². The monoisotopic (exact) mass is 316 g/mol. The van der Waals surface area contributed by atoms with Crippen LogP contribution in [0.2, 0.25) is 5.02 Å². The normalized spacial score (nSPS) is 14.8. The Morgan fingerprint density at radius 3 is 2.35 bits per heavy atom. The van der Waals surface area contributed by atoms with Gasteiger partial charge in [-0.3, -0.25) is 4.57 Å². The minimum absolute atomic E-state index is 0.672. The minimum atomic E-state index is -3.50. The minimum Gasteiger partial charge on any atom is -0.377 e. The van der Waals surface area contributed by atoms with Crippen LogP contribution in [0.4, 0.5) is 0 Å². The van der Waals surface area contributed by atoms with Crippen LogP contribution in [0.15, 0.2) is 42.0 Å². The van der Waals surface area contributed by atoms with E-state index in [0.717, 1.165) is 11.1 Å². The van der Waals surface area contributed by atoms with Gasteiger partial charge in [0.25, 0.3) is 0 Å². The van der Waals surface area contributed by atoms with Crippen LogP contribution in [0.25, 0.3) is 6.08 Å². The second-order valence-corrected chi connectivity index (χ2v) is 6.89. The molecular formula is C14H18ClO4P. The van der Waals surface area contributed by atoms with Crippen molar-refractivity contribution in [1.82, 2.24) is 0 Å². The van der Waals surface area contributed by atoms with Crippen LogP contribution in [-0.2, 0) is 13.6 Å². The summed E-state index contributed by atoms with van der Waals surface area (Å²) in [6, 6.07) is 7.33. The first-order valence-corrected chi connectivity index (χ1v) is 7.91. The molecule has 0 saturated carbocycles. The Morgan fingerprint density at radius 1 is 1.30 bits per heavy atom. The molecule has 1 aromatic carbocycles. The fourth-order valence-corrected chi connectivity index (χ4v) is 2.60. The molecule has 0 saturated heterocycles. The summed E-state index contributed by atoms with van der Waals surface area (Å²) in [5, 5.41) is 10.5. The maximum atomic E-state index is 11.9. The second kappa shape index (κ2) is 7.77. The van der Waals surface area contributed by atoms with Gasteiger partial charge in [-0.1, -0.05) is 41.5 Å². The van der Waals surface area contributed by atoms with Crippen molar-refractivity contribution >= 4 is 25.3 Å². The van der Waals surface area contributed by atoms with E-state index >= 15 is 0 Å². The van der Waals surface area contributed by atoms with Gasteiger partial charge in [-0.05, 0) is 30.7 Å². The van der Waals surface area contributed by atoms with Crippen LogP contribution in [0.5, 0.6) is 0 Å². The Bertz CT molecular complexity index is 529. The lowest BCUT2D eigenvalue weighted by Crippen LogP contribution is -2.07. The molecule has 0 bridgehead atoms. The first kappa shape index (κ1) is 17.2. The van der Waals surface area contributed by atoms with E-state index in [1.165, 1.54) is 20.3 Å². The highest BCUT2D eigenvalue weighted by molar-refractivity contribution is 7.54. The lowest BCUT2D eigenvalue weighted by Gasteiger charge is -2.17. The van der Waals surface area contributed by atoms with Gasteiger partial charge in [-0.2, -0.15) is 0 Å². The number of hydrogen-bond acceptors (Lipinski definition) is 4. The molecule has 0 fully saturated rings. The third kappa shape index (κ3) is 4.89. The molecule has 4 nitrogen and oxygen atoms in total. The summed E-state index contributed by atoms with van der Waals surface area (Å²) in [4.78, 5) is 0. The van der Waals surface area contributed by atoms with Gasteiger partial charge in [-0.15, -0.1) is 0 Å². The number of halogens is 1. The molecule has 1 atom stereocenters. The molecule has 1 N–H and O–H groups in total. The first-order chi connectivity index (χ1) is 9.41. The average molecular weight is 317 g/mol. The molecule has 110 valence electrons. The Labute approximate surface area is 124 Å². The maximum Gasteiger partial charge on any atom is 0.362 e. The van der Waals surface area contributed by atoms with Crippen LogP contribution < -0.4 is 0 Å². The summed E-state index contributed by atoms with van der Waals surface area (Å²) in [6.45, 7) is 1.78. The van der Waals surface area contributed by atoms with Gasteiger partial charge in [0, 0.05) is 19.2 Å². The van der Waals surface area contributed by atoms with E-state index in [4.69, 9.17) is 20.6 Å². The van der Waals surface area contributed by atoms with Gasteiger partial charge in [0.2, 0.25) is 0 Å². The quantitative estimate of drug-likeness (QED) is 0.634. The van der Waals surface area contributed by atoms with Crippen molar-refractivity contribution in [2.75, 3.05) is 14.2 Å². The lowest BCUT2D eigenvalue weighted by molar-refractivity contribution is 0.200. The number of benzene rings is 1. The zero-order chi connectivity index (χ0) is 15.2. The zero-order valence-electron chi connectivity index (χ0n) is 11.6. The van der Waals surface area contributed by atoms with Crippen LogP contribution in [0.3, 0.4) is 0 Å². The standard InChI is InChI=1S/C14H18ClO4P/c1-11(10-14(16)20(17,18-2)19-3)4-5-12-6-8-13(15)9-7-12/h4-10,14,16H,1-3H3/b5-4+,11-10+. The Hall–Kier alpha value is -0.900. The number of aliphatic hydroxyl groups is 1. The third-order valence-corrected chi connectivity index (χ3v) is 4.72. The van der Waals surface area contributed by atoms with Crippen LogP contribution in [-0.4, -0.2) is 25.2 Å². The van der Waals surface area contributed by atoms with Crippen molar-refractivity contribution in [2.45, 2.75) is 12.8 Å². The molecule has 0 aromatic heterocycles. The fourth-order valence-electron chi connectivity index (χ4n) is 1.47. The molecule has 0 aliphatic carbocycles. The fraction of sp³-hybridized carbons (Fsp3) is 0.286. The van der Waals surface area contributed by atoms with Crippen LogP contribution >= 0.6 is 19.2 Å². The lowest BCUT2D eigenvalue weighted by atomic mass is 10.1. The molecule has 0 radical (unpaired) electrons. The largest absolute Gasteiger partial charge is 0.377 e. The van der Waals surface area contributed by atoms with Crippen molar-refractivity contribution in [3.05, 3.63) is 52.6 Å². The van der Waals surface area contributed by atoms with Gasteiger partial charge < -0.3 is 14.2 Å². The second-order valence-electron chi connectivity index (χ2n) is 4.11. The van der Waals surface area contributed by atoms with E-state index < -0.39 is 13.4 Å². The highest BCUT2D eigenvalue weighted by Gasteiger charge is 2.30.